The number of alkyl halides is 3. The SMILES string of the molecule is C[C@@H](NC(=O)c1ccc(Br)c[nH+]1)[C@H](Cc1ccc(Cl)cc1)c1ccc(Cl)cc1.O=C([O-])C(F)(F)F. The van der Waals surface area contributed by atoms with Gasteiger partial charge >= 0.3 is 12.1 Å². The zero-order valence-electron chi connectivity index (χ0n) is 18.2. The molecule has 11 heteroatoms. The normalized spacial score (nSPS) is 12.7. The lowest BCUT2D eigenvalue weighted by Crippen LogP contribution is -2.40. The van der Waals surface area contributed by atoms with Crippen LogP contribution in [0.15, 0.2) is 71.3 Å². The van der Waals surface area contributed by atoms with E-state index in [1.165, 1.54) is 0 Å². The van der Waals surface area contributed by atoms with Crippen LogP contribution >= 0.6 is 39.1 Å². The number of aromatic amines is 1. The second-order valence-corrected chi connectivity index (χ2v) is 9.25. The van der Waals surface area contributed by atoms with Crippen LogP contribution in [0.2, 0.25) is 10.0 Å². The average molecular weight is 592 g/mol. The molecular formula is C24H20BrCl2F3N2O3. The fourth-order valence-corrected chi connectivity index (χ4v) is 3.60. The van der Waals surface area contributed by atoms with Gasteiger partial charge in [-0.3, -0.25) is 4.79 Å². The molecule has 0 unspecified atom stereocenters. The van der Waals surface area contributed by atoms with Crippen molar-refractivity contribution in [2.75, 3.05) is 0 Å². The lowest BCUT2D eigenvalue weighted by atomic mass is 9.86. The summed E-state index contributed by atoms with van der Waals surface area (Å²) in [5, 5.41) is 13.3. The summed E-state index contributed by atoms with van der Waals surface area (Å²) in [6, 6.07) is 19.1. The number of nitrogens with one attached hydrogen (secondary N) is 2. The molecule has 0 spiro atoms. The van der Waals surface area contributed by atoms with Crippen LogP contribution in [0.3, 0.4) is 0 Å². The highest BCUT2D eigenvalue weighted by Crippen LogP contribution is 2.27. The van der Waals surface area contributed by atoms with Crippen molar-refractivity contribution in [2.45, 2.75) is 31.5 Å². The monoisotopic (exact) mass is 590 g/mol. The molecule has 1 amide bonds. The molecule has 2 aromatic carbocycles. The topological polar surface area (TPSA) is 83.4 Å². The third kappa shape index (κ3) is 9.51. The molecule has 186 valence electrons. The minimum absolute atomic E-state index is 0.0813. The average Bonchev–Trinajstić information content (AvgIpc) is 2.79. The van der Waals surface area contributed by atoms with Gasteiger partial charge in [0.15, 0.2) is 6.20 Å². The number of rotatable bonds is 6. The van der Waals surface area contributed by atoms with Gasteiger partial charge in [-0.25, -0.2) is 4.98 Å². The number of carboxylic acids is 1. The van der Waals surface area contributed by atoms with Crippen LogP contribution in [0.5, 0.6) is 0 Å². The van der Waals surface area contributed by atoms with Crippen molar-refractivity contribution >= 4 is 51.0 Å². The number of H-pyrrole nitrogens is 1. The van der Waals surface area contributed by atoms with Crippen molar-refractivity contribution in [3.63, 3.8) is 0 Å². The molecule has 0 fully saturated rings. The van der Waals surface area contributed by atoms with Gasteiger partial charge in [0.1, 0.15) is 5.97 Å². The van der Waals surface area contributed by atoms with Crippen molar-refractivity contribution in [1.29, 1.82) is 0 Å². The third-order valence-electron chi connectivity index (χ3n) is 4.88. The molecule has 0 saturated heterocycles. The van der Waals surface area contributed by atoms with E-state index < -0.39 is 12.1 Å². The number of halogens is 6. The number of carbonyl (C=O) groups is 2. The van der Waals surface area contributed by atoms with Gasteiger partial charge in [-0.15, -0.1) is 0 Å². The summed E-state index contributed by atoms with van der Waals surface area (Å²) in [5.74, 6) is -3.07. The van der Waals surface area contributed by atoms with E-state index in [0.29, 0.717) is 15.7 Å². The molecule has 0 radical (unpaired) electrons. The second-order valence-electron chi connectivity index (χ2n) is 7.46. The van der Waals surface area contributed by atoms with Crippen LogP contribution in [0.1, 0.15) is 34.5 Å². The van der Waals surface area contributed by atoms with Crippen LogP contribution in [0.25, 0.3) is 0 Å². The van der Waals surface area contributed by atoms with Crippen LogP contribution < -0.4 is 15.4 Å². The molecule has 1 heterocycles. The molecule has 1 aromatic heterocycles. The summed E-state index contributed by atoms with van der Waals surface area (Å²) in [7, 11) is 0. The first-order valence-corrected chi connectivity index (χ1v) is 11.7. The van der Waals surface area contributed by atoms with Gasteiger partial charge in [-0.1, -0.05) is 47.5 Å². The van der Waals surface area contributed by atoms with Gasteiger partial charge in [0, 0.05) is 28.1 Å². The highest BCUT2D eigenvalue weighted by atomic mass is 79.9. The molecule has 2 N–H and O–H groups in total. The molecule has 0 aliphatic carbocycles. The Labute approximate surface area is 218 Å². The summed E-state index contributed by atoms with van der Waals surface area (Å²) in [6.07, 6.45) is -2.69. The van der Waals surface area contributed by atoms with E-state index in [1.54, 1.807) is 12.3 Å². The van der Waals surface area contributed by atoms with Gasteiger partial charge in [-0.05, 0) is 70.7 Å². The molecule has 3 rings (SSSR count). The lowest BCUT2D eigenvalue weighted by Gasteiger charge is -2.25. The van der Waals surface area contributed by atoms with E-state index in [2.05, 4.69) is 26.2 Å². The van der Waals surface area contributed by atoms with Crippen LogP contribution in [-0.4, -0.2) is 24.1 Å². The predicted octanol–water partition coefficient (Wildman–Crippen LogP) is 5.01. The maximum atomic E-state index is 12.7. The number of hydrogen-bond acceptors (Lipinski definition) is 3. The number of aromatic nitrogens is 1. The molecule has 3 aromatic rings. The summed E-state index contributed by atoms with van der Waals surface area (Å²) in [4.78, 5) is 24.4. The minimum Gasteiger partial charge on any atom is -0.542 e. The standard InChI is InChI=1S/C22H19BrCl2N2O.C2HF3O2/c1-14(27-22(28)21-11-6-17(23)13-26-21)20(16-4-9-19(25)10-5-16)12-15-2-7-18(24)8-3-15;3-2(4,5)1(6)7/h2-11,13-14,20H,12H2,1H3,(H,27,28);(H,6,7)/t14-,20+;/m1./s1. The number of aliphatic carboxylic acids is 1. The number of hydrogen-bond donors (Lipinski definition) is 1. The Balaban J connectivity index is 0.000000540. The number of pyridine rings is 1. The van der Waals surface area contributed by atoms with Crippen molar-refractivity contribution < 1.29 is 32.9 Å². The quantitative estimate of drug-likeness (QED) is 0.437. The van der Waals surface area contributed by atoms with E-state index in [-0.39, 0.29) is 17.9 Å². The first-order valence-electron chi connectivity index (χ1n) is 10.1. The number of carbonyl (C=O) groups excluding carboxylic acids is 2. The van der Waals surface area contributed by atoms with Crippen molar-refractivity contribution in [3.05, 3.63) is 98.2 Å². The lowest BCUT2D eigenvalue weighted by molar-refractivity contribution is -0.383. The molecule has 5 nitrogen and oxygen atoms in total. The Morgan fingerprint density at radius 1 is 1.00 bits per heavy atom. The highest BCUT2D eigenvalue weighted by molar-refractivity contribution is 9.10. The Bertz CT molecular complexity index is 1130. The van der Waals surface area contributed by atoms with Crippen molar-refractivity contribution in [1.82, 2.24) is 5.32 Å². The molecular weight excluding hydrogens is 572 g/mol. The Hall–Kier alpha value is -2.62. The number of benzene rings is 2. The van der Waals surface area contributed by atoms with Crippen molar-refractivity contribution in [2.24, 2.45) is 0 Å². The van der Waals surface area contributed by atoms with Gasteiger partial charge in [0.25, 0.3) is 5.69 Å². The Kier molecular flexibility index (Phi) is 10.5. The van der Waals surface area contributed by atoms with Gasteiger partial charge in [0.05, 0.1) is 4.47 Å². The molecule has 0 saturated carbocycles. The summed E-state index contributed by atoms with van der Waals surface area (Å²) < 4.78 is 32.4. The molecule has 0 bridgehead atoms. The smallest absolute Gasteiger partial charge is 0.430 e. The zero-order chi connectivity index (χ0) is 26.2. The van der Waals surface area contributed by atoms with E-state index in [4.69, 9.17) is 33.1 Å². The molecule has 2 atom stereocenters. The van der Waals surface area contributed by atoms with Crippen LogP contribution in [0.4, 0.5) is 13.2 Å². The van der Waals surface area contributed by atoms with E-state index in [9.17, 15) is 18.0 Å². The fraction of sp³-hybridized carbons (Fsp3) is 0.208. The highest BCUT2D eigenvalue weighted by Gasteiger charge is 2.29. The van der Waals surface area contributed by atoms with Gasteiger partial charge < -0.3 is 15.2 Å². The third-order valence-corrected chi connectivity index (χ3v) is 5.88. The second kappa shape index (κ2) is 12.9. The van der Waals surface area contributed by atoms with Gasteiger partial charge in [0.2, 0.25) is 0 Å². The van der Waals surface area contributed by atoms with E-state index in [0.717, 1.165) is 22.0 Å². The first kappa shape index (κ1) is 28.6. The molecule has 0 aliphatic rings. The summed E-state index contributed by atoms with van der Waals surface area (Å²) in [5.41, 5.74) is 2.78. The summed E-state index contributed by atoms with van der Waals surface area (Å²) >= 11 is 15.4. The molecule has 35 heavy (non-hydrogen) atoms. The fourth-order valence-electron chi connectivity index (χ4n) is 3.10. The largest absolute Gasteiger partial charge is 0.542 e. The first-order chi connectivity index (χ1) is 16.4. The van der Waals surface area contributed by atoms with E-state index in [1.807, 2.05) is 61.5 Å². The maximum absolute atomic E-state index is 12.7. The Morgan fingerprint density at radius 3 is 1.97 bits per heavy atom. The van der Waals surface area contributed by atoms with E-state index >= 15 is 0 Å². The van der Waals surface area contributed by atoms with Crippen LogP contribution in [-0.2, 0) is 11.2 Å². The van der Waals surface area contributed by atoms with Crippen LogP contribution in [0, 0.1) is 0 Å². The van der Waals surface area contributed by atoms with Crippen molar-refractivity contribution in [3.8, 4) is 0 Å². The number of carboxylic acid groups (broad SMARTS) is 1. The maximum Gasteiger partial charge on any atom is 0.430 e. The zero-order valence-corrected chi connectivity index (χ0v) is 21.3. The minimum atomic E-state index is -5.19. The molecule has 0 aliphatic heterocycles. The summed E-state index contributed by atoms with van der Waals surface area (Å²) in [6.45, 7) is 2.02. The number of amides is 1. The predicted molar refractivity (Wildman–Crippen MR) is 128 cm³/mol. The van der Waals surface area contributed by atoms with Gasteiger partial charge in [-0.2, -0.15) is 13.2 Å². The Morgan fingerprint density at radius 2 is 1.51 bits per heavy atom.